The summed E-state index contributed by atoms with van der Waals surface area (Å²) >= 11 is 1.39. The first-order chi connectivity index (χ1) is 14.5. The molecule has 2 aromatic rings. The molecular formula is C17H24N4O8S2. The Hall–Kier alpha value is -2.23. The van der Waals surface area contributed by atoms with E-state index >= 15 is 0 Å². The summed E-state index contributed by atoms with van der Waals surface area (Å²) in [6.07, 6.45) is 0.837. The van der Waals surface area contributed by atoms with Crippen LogP contribution < -0.4 is 10.0 Å². The molecule has 4 atom stereocenters. The molecule has 0 saturated carbocycles. The molecular weight excluding hydrogens is 452 g/mol. The van der Waals surface area contributed by atoms with Gasteiger partial charge in [0.1, 0.15) is 18.5 Å². The number of carbonyl (C=O) groups is 1. The summed E-state index contributed by atoms with van der Waals surface area (Å²) in [4.78, 5) is 20.1. The van der Waals surface area contributed by atoms with Gasteiger partial charge in [0.25, 0.3) is 5.91 Å². The summed E-state index contributed by atoms with van der Waals surface area (Å²) in [7, 11) is -3.72. The molecule has 172 valence electrons. The van der Waals surface area contributed by atoms with E-state index in [-0.39, 0.29) is 12.0 Å². The number of carbonyl (C=O) groups excluding carboxylic acids is 1. The van der Waals surface area contributed by atoms with E-state index < -0.39 is 51.7 Å². The minimum atomic E-state index is -3.72. The van der Waals surface area contributed by atoms with Gasteiger partial charge < -0.3 is 30.2 Å². The van der Waals surface area contributed by atoms with Crippen molar-refractivity contribution in [3.8, 4) is 0 Å². The van der Waals surface area contributed by atoms with Gasteiger partial charge in [0.2, 0.25) is 10.0 Å². The lowest BCUT2D eigenvalue weighted by molar-refractivity contribution is -0.190. The molecule has 0 spiro atoms. The van der Waals surface area contributed by atoms with E-state index in [1.165, 1.54) is 36.3 Å². The number of amides is 1. The van der Waals surface area contributed by atoms with Crippen LogP contribution in [-0.2, 0) is 10.0 Å². The van der Waals surface area contributed by atoms with Crippen LogP contribution in [0.15, 0.2) is 35.2 Å². The van der Waals surface area contributed by atoms with Crippen LogP contribution in [0.1, 0.15) is 28.6 Å². The van der Waals surface area contributed by atoms with Crippen molar-refractivity contribution in [1.29, 1.82) is 0 Å². The van der Waals surface area contributed by atoms with Gasteiger partial charge in [0, 0.05) is 12.4 Å². The molecule has 0 radical (unpaired) electrons. The van der Waals surface area contributed by atoms with Gasteiger partial charge in [-0.25, -0.2) is 13.1 Å². The fourth-order valence-electron chi connectivity index (χ4n) is 2.62. The highest BCUT2D eigenvalue weighted by molar-refractivity contribution is 7.98. The Morgan fingerprint density at radius 1 is 1.29 bits per heavy atom. The average Bonchev–Trinajstić information content (AvgIpc) is 3.18. The van der Waals surface area contributed by atoms with Crippen molar-refractivity contribution in [2.45, 2.75) is 30.5 Å². The number of aliphatic hydroxyl groups is 4. The zero-order valence-corrected chi connectivity index (χ0v) is 18.3. The maximum atomic E-state index is 12.6. The van der Waals surface area contributed by atoms with E-state index in [1.807, 2.05) is 4.72 Å². The van der Waals surface area contributed by atoms with Crippen LogP contribution in [-0.4, -0.2) is 80.9 Å². The van der Waals surface area contributed by atoms with Gasteiger partial charge in [-0.3, -0.25) is 9.78 Å². The van der Waals surface area contributed by atoms with Gasteiger partial charge >= 0.3 is 6.01 Å². The van der Waals surface area contributed by atoms with Crippen molar-refractivity contribution in [1.82, 2.24) is 15.3 Å². The van der Waals surface area contributed by atoms with Crippen LogP contribution in [0.5, 0.6) is 0 Å². The van der Waals surface area contributed by atoms with Gasteiger partial charge in [0.15, 0.2) is 11.4 Å². The third-order valence-electron chi connectivity index (χ3n) is 4.20. The van der Waals surface area contributed by atoms with Crippen LogP contribution in [0, 0.1) is 0 Å². The summed E-state index contributed by atoms with van der Waals surface area (Å²) in [5, 5.41) is 44.8. The van der Waals surface area contributed by atoms with Crippen LogP contribution in [0.3, 0.4) is 0 Å². The number of aliphatic hydroxyl groups excluding tert-OH is 3. The van der Waals surface area contributed by atoms with Crippen molar-refractivity contribution in [2.24, 2.45) is 0 Å². The Balaban J connectivity index is 2.32. The lowest BCUT2D eigenvalue weighted by Crippen LogP contribution is -2.63. The molecule has 0 fully saturated rings. The second-order valence-corrected chi connectivity index (χ2v) is 9.40. The Bertz CT molecular complexity index is 972. The van der Waals surface area contributed by atoms with Crippen LogP contribution in [0.2, 0.25) is 0 Å². The minimum absolute atomic E-state index is 0.0654. The molecule has 2 rings (SSSR count). The maximum absolute atomic E-state index is 12.6. The number of thioether (sulfide) groups is 1. The van der Waals surface area contributed by atoms with Crippen molar-refractivity contribution < 1.29 is 38.1 Å². The molecule has 0 aliphatic rings. The number of rotatable bonds is 11. The predicted octanol–water partition coefficient (Wildman–Crippen LogP) is -0.932. The normalized spacial score (nSPS) is 16.7. The second kappa shape index (κ2) is 10.4. The molecule has 0 aromatic carbocycles. The fraction of sp³-hybridized carbons (Fsp3) is 0.471. The van der Waals surface area contributed by atoms with Crippen LogP contribution in [0.25, 0.3) is 0 Å². The van der Waals surface area contributed by atoms with Crippen molar-refractivity contribution in [3.63, 3.8) is 0 Å². The quantitative estimate of drug-likeness (QED) is 0.219. The number of pyridine rings is 1. The van der Waals surface area contributed by atoms with E-state index in [2.05, 4.69) is 15.3 Å². The maximum Gasteiger partial charge on any atom is 0.309 e. The van der Waals surface area contributed by atoms with Crippen LogP contribution in [0.4, 0.5) is 6.01 Å². The highest BCUT2D eigenvalue weighted by Crippen LogP contribution is 2.29. The first-order valence-electron chi connectivity index (χ1n) is 8.89. The van der Waals surface area contributed by atoms with Gasteiger partial charge in [-0.1, -0.05) is 0 Å². The standard InChI is InChI=1S/C17H24N4O8S2/c1-30-8-5-12(22)14(24)17(26,13(23)10-3-6-18-7-4-10)20-15(25)11-9-29-16(19-11)21-31(2,27)28/h3-4,6-7,9,12-14,22-24,26H,5,8H2,1-2H3,(H,19,21)(H,20,25). The summed E-state index contributed by atoms with van der Waals surface area (Å²) < 4.78 is 29.3. The van der Waals surface area contributed by atoms with Crippen molar-refractivity contribution in [3.05, 3.63) is 42.0 Å². The molecule has 0 aliphatic carbocycles. The topological polar surface area (TPSA) is 195 Å². The molecule has 14 heteroatoms. The third-order valence-corrected chi connectivity index (χ3v) is 5.38. The number of sulfonamides is 1. The van der Waals surface area contributed by atoms with Crippen molar-refractivity contribution >= 4 is 33.7 Å². The van der Waals surface area contributed by atoms with Gasteiger partial charge in [0.05, 0.1) is 12.4 Å². The number of anilines is 1. The van der Waals surface area contributed by atoms with E-state index in [4.69, 9.17) is 4.42 Å². The summed E-state index contributed by atoms with van der Waals surface area (Å²) in [5.74, 6) is -0.658. The van der Waals surface area contributed by atoms with E-state index in [1.54, 1.807) is 6.26 Å². The van der Waals surface area contributed by atoms with Crippen LogP contribution >= 0.6 is 11.8 Å². The van der Waals surface area contributed by atoms with E-state index in [9.17, 15) is 33.6 Å². The Morgan fingerprint density at radius 2 is 1.94 bits per heavy atom. The number of hydrogen-bond donors (Lipinski definition) is 6. The number of nitrogens with one attached hydrogen (secondary N) is 2. The molecule has 0 saturated heterocycles. The SMILES string of the molecule is CSCCC(O)C(O)C(O)(NC(=O)c1coc(NS(C)(=O)=O)n1)C(O)c1ccncc1. The monoisotopic (exact) mass is 476 g/mol. The Morgan fingerprint density at radius 3 is 2.52 bits per heavy atom. The molecule has 0 aliphatic heterocycles. The zero-order chi connectivity index (χ0) is 23.2. The van der Waals surface area contributed by atoms with Gasteiger partial charge in [-0.2, -0.15) is 16.7 Å². The molecule has 6 N–H and O–H groups in total. The highest BCUT2D eigenvalue weighted by Gasteiger charge is 2.48. The number of nitrogens with zero attached hydrogens (tertiary/aromatic N) is 2. The average molecular weight is 477 g/mol. The molecule has 12 nitrogen and oxygen atoms in total. The summed E-state index contributed by atoms with van der Waals surface area (Å²) in [6.45, 7) is 0. The van der Waals surface area contributed by atoms with E-state index in [0.29, 0.717) is 5.75 Å². The smallest absolute Gasteiger partial charge is 0.309 e. The van der Waals surface area contributed by atoms with Crippen molar-refractivity contribution in [2.75, 3.05) is 23.0 Å². The van der Waals surface area contributed by atoms with Gasteiger partial charge in [-0.15, -0.1) is 0 Å². The Labute approximate surface area is 182 Å². The lowest BCUT2D eigenvalue weighted by atomic mass is 9.90. The molecule has 2 heterocycles. The molecule has 2 aromatic heterocycles. The lowest BCUT2D eigenvalue weighted by Gasteiger charge is -2.39. The molecule has 1 amide bonds. The van der Waals surface area contributed by atoms with E-state index in [0.717, 1.165) is 12.5 Å². The largest absolute Gasteiger partial charge is 0.431 e. The number of aromatic nitrogens is 2. The second-order valence-electron chi connectivity index (χ2n) is 6.67. The highest BCUT2D eigenvalue weighted by atomic mass is 32.2. The molecule has 0 bridgehead atoms. The van der Waals surface area contributed by atoms with Gasteiger partial charge in [-0.05, 0) is 36.1 Å². The number of hydrogen-bond acceptors (Lipinski definition) is 11. The fourth-order valence-corrected chi connectivity index (χ4v) is 3.51. The Kier molecular flexibility index (Phi) is 8.39. The number of oxazole rings is 1. The molecule has 31 heavy (non-hydrogen) atoms. The first kappa shape index (κ1) is 25.0. The third kappa shape index (κ3) is 6.62. The molecule has 4 unspecified atom stereocenters. The minimum Gasteiger partial charge on any atom is -0.431 e. The summed E-state index contributed by atoms with van der Waals surface area (Å²) in [6, 6.07) is 2.21. The zero-order valence-electron chi connectivity index (χ0n) is 16.7. The predicted molar refractivity (Wildman–Crippen MR) is 112 cm³/mol. The summed E-state index contributed by atoms with van der Waals surface area (Å²) in [5.41, 5.74) is -3.08. The first-order valence-corrected chi connectivity index (χ1v) is 12.2.